The van der Waals surface area contributed by atoms with Gasteiger partial charge >= 0.3 is 0 Å². The number of anilines is 1. The summed E-state index contributed by atoms with van der Waals surface area (Å²) in [5.41, 5.74) is 0.716. The molecule has 1 unspecified atom stereocenters. The average Bonchev–Trinajstić information content (AvgIpc) is 2.95. The molecule has 0 radical (unpaired) electrons. The van der Waals surface area contributed by atoms with Gasteiger partial charge in [-0.15, -0.1) is 0 Å². The van der Waals surface area contributed by atoms with Gasteiger partial charge in [-0.2, -0.15) is 0 Å². The molecule has 0 saturated carbocycles. The van der Waals surface area contributed by atoms with Crippen molar-refractivity contribution in [3.63, 3.8) is 0 Å². The van der Waals surface area contributed by atoms with Crippen molar-refractivity contribution in [2.45, 2.75) is 5.50 Å². The van der Waals surface area contributed by atoms with Gasteiger partial charge in [0.15, 0.2) is 17.0 Å². The van der Waals surface area contributed by atoms with E-state index in [0.717, 1.165) is 9.13 Å². The topological polar surface area (TPSA) is 59.6 Å². The smallest absolute Gasteiger partial charge is 0.260 e. The molecule has 1 fully saturated rings. The Hall–Kier alpha value is -1.94. The summed E-state index contributed by atoms with van der Waals surface area (Å²) >= 11 is 3.45. The maximum atomic E-state index is 13.8. The molecule has 1 saturated heterocycles. The van der Waals surface area contributed by atoms with Crippen LogP contribution in [0.3, 0.4) is 0 Å². The van der Waals surface area contributed by atoms with Crippen molar-refractivity contribution in [3.8, 4) is 11.5 Å². The van der Waals surface area contributed by atoms with E-state index in [2.05, 4.69) is 33.2 Å². The van der Waals surface area contributed by atoms with Gasteiger partial charge in [0.1, 0.15) is 5.82 Å². The van der Waals surface area contributed by atoms with E-state index >= 15 is 0 Å². The Bertz CT molecular complexity index is 876. The summed E-state index contributed by atoms with van der Waals surface area (Å²) in [6.07, 6.45) is 1.77. The minimum Gasteiger partial charge on any atom is -0.493 e. The first-order valence-corrected chi connectivity index (χ1v) is 9.59. The molecule has 1 aliphatic rings. The van der Waals surface area contributed by atoms with Crippen LogP contribution in [-0.4, -0.2) is 25.6 Å². The second-order valence-electron chi connectivity index (χ2n) is 5.34. The Morgan fingerprint density at radius 3 is 2.73 bits per heavy atom. The zero-order valence-electron chi connectivity index (χ0n) is 14.0. The van der Waals surface area contributed by atoms with Crippen molar-refractivity contribution < 1.29 is 18.7 Å². The summed E-state index contributed by atoms with van der Waals surface area (Å²) in [7, 11) is 3.15. The molecule has 0 spiro atoms. The van der Waals surface area contributed by atoms with Crippen molar-refractivity contribution >= 4 is 52.0 Å². The molecule has 2 aromatic rings. The van der Waals surface area contributed by atoms with Crippen molar-refractivity contribution in [2.75, 3.05) is 19.5 Å². The number of para-hydroxylation sites is 1. The maximum Gasteiger partial charge on any atom is 0.260 e. The van der Waals surface area contributed by atoms with E-state index in [4.69, 9.17) is 9.47 Å². The van der Waals surface area contributed by atoms with Gasteiger partial charge in [0, 0.05) is 0 Å². The Morgan fingerprint density at radius 1 is 1.27 bits per heavy atom. The van der Waals surface area contributed by atoms with Gasteiger partial charge in [-0.1, -0.05) is 23.9 Å². The number of thioether (sulfide) groups is 1. The molecular formula is C18H16FIN2O3S. The number of rotatable bonds is 5. The predicted molar refractivity (Wildman–Crippen MR) is 110 cm³/mol. The van der Waals surface area contributed by atoms with Crippen LogP contribution in [0.1, 0.15) is 5.56 Å². The third-order valence-corrected chi connectivity index (χ3v) is 5.47. The number of hydrogen-bond donors (Lipinski definition) is 2. The van der Waals surface area contributed by atoms with Crippen LogP contribution in [0.25, 0.3) is 6.08 Å². The van der Waals surface area contributed by atoms with Crippen LogP contribution in [0, 0.1) is 9.39 Å². The van der Waals surface area contributed by atoms with E-state index in [-0.39, 0.29) is 11.7 Å². The lowest BCUT2D eigenvalue weighted by atomic mass is 10.2. The molecule has 8 heteroatoms. The summed E-state index contributed by atoms with van der Waals surface area (Å²) in [6.45, 7) is 0. The summed E-state index contributed by atoms with van der Waals surface area (Å²) in [4.78, 5) is 12.8. The van der Waals surface area contributed by atoms with Gasteiger partial charge in [0.05, 0.1) is 28.4 Å². The van der Waals surface area contributed by atoms with Crippen molar-refractivity contribution in [3.05, 3.63) is 56.3 Å². The summed E-state index contributed by atoms with van der Waals surface area (Å²) in [5, 5.41) is 5.76. The number of ether oxygens (including phenoxy) is 2. The number of carbonyl (C=O) groups is 1. The normalized spacial score (nSPS) is 17.9. The number of carbonyl (C=O) groups excluding carboxylic acids is 1. The van der Waals surface area contributed by atoms with Crippen LogP contribution in [-0.2, 0) is 4.79 Å². The predicted octanol–water partition coefficient (Wildman–Crippen LogP) is 4.05. The van der Waals surface area contributed by atoms with E-state index in [0.29, 0.717) is 22.1 Å². The standard InChI is InChI=1S/C18H16FIN2O3S/c1-24-14-8-10(7-12(20)16(14)25-2)9-15-17(23)22-18(26-15)21-13-6-4-3-5-11(13)19/h3-9,18,21H,1-2H3,(H,22,23)/b15-9-. The maximum absolute atomic E-state index is 13.8. The first-order valence-electron chi connectivity index (χ1n) is 7.63. The number of nitrogens with one attached hydrogen (secondary N) is 2. The highest BCUT2D eigenvalue weighted by Crippen LogP contribution is 2.36. The molecule has 0 bridgehead atoms. The molecule has 0 aromatic heterocycles. The third-order valence-electron chi connectivity index (χ3n) is 3.64. The summed E-state index contributed by atoms with van der Waals surface area (Å²) < 4.78 is 25.3. The van der Waals surface area contributed by atoms with E-state index in [1.807, 2.05) is 6.07 Å². The van der Waals surface area contributed by atoms with Crippen LogP contribution < -0.4 is 20.1 Å². The first kappa shape index (κ1) is 18.8. The zero-order valence-corrected chi connectivity index (χ0v) is 17.0. The molecule has 3 rings (SSSR count). The molecule has 1 atom stereocenters. The second-order valence-corrected chi connectivity index (χ2v) is 7.65. The minimum absolute atomic E-state index is 0.214. The minimum atomic E-state index is -0.440. The highest BCUT2D eigenvalue weighted by Gasteiger charge is 2.27. The van der Waals surface area contributed by atoms with Gasteiger partial charge in [-0.05, 0) is 58.5 Å². The van der Waals surface area contributed by atoms with Crippen molar-refractivity contribution in [1.29, 1.82) is 0 Å². The van der Waals surface area contributed by atoms with Crippen LogP contribution in [0.2, 0.25) is 0 Å². The molecule has 0 aliphatic carbocycles. The van der Waals surface area contributed by atoms with Crippen molar-refractivity contribution in [1.82, 2.24) is 5.32 Å². The van der Waals surface area contributed by atoms with Gasteiger partial charge in [-0.3, -0.25) is 4.79 Å². The number of benzene rings is 2. The fraction of sp³-hybridized carbons (Fsp3) is 0.167. The average molecular weight is 486 g/mol. The Kier molecular flexibility index (Phi) is 5.92. The SMILES string of the molecule is COc1cc(/C=C2\SC(Nc3ccccc3F)NC2=O)cc(I)c1OC. The second kappa shape index (κ2) is 8.17. The number of hydrogen-bond acceptors (Lipinski definition) is 5. The van der Waals surface area contributed by atoms with E-state index in [1.54, 1.807) is 44.6 Å². The number of methoxy groups -OCH3 is 2. The Morgan fingerprint density at radius 2 is 2.04 bits per heavy atom. The molecular weight excluding hydrogens is 470 g/mol. The van der Waals surface area contributed by atoms with Crippen molar-refractivity contribution in [2.24, 2.45) is 0 Å². The van der Waals surface area contributed by atoms with E-state index in [1.165, 1.54) is 17.8 Å². The van der Waals surface area contributed by atoms with Gasteiger partial charge in [0.2, 0.25) is 0 Å². The summed E-state index contributed by atoms with van der Waals surface area (Å²) in [6, 6.07) is 10.0. The van der Waals surface area contributed by atoms with Crippen LogP contribution >= 0.6 is 34.4 Å². The lowest BCUT2D eigenvalue weighted by Crippen LogP contribution is -2.31. The number of amides is 1. The zero-order chi connectivity index (χ0) is 18.7. The van der Waals surface area contributed by atoms with Crippen LogP contribution in [0.5, 0.6) is 11.5 Å². The lowest BCUT2D eigenvalue weighted by molar-refractivity contribution is -0.116. The molecule has 2 aromatic carbocycles. The van der Waals surface area contributed by atoms with Crippen LogP contribution in [0.4, 0.5) is 10.1 Å². The monoisotopic (exact) mass is 486 g/mol. The molecule has 1 heterocycles. The fourth-order valence-electron chi connectivity index (χ4n) is 2.46. The molecule has 136 valence electrons. The van der Waals surface area contributed by atoms with Gasteiger partial charge < -0.3 is 20.1 Å². The lowest BCUT2D eigenvalue weighted by Gasteiger charge is -2.13. The summed E-state index contributed by atoms with van der Waals surface area (Å²) in [5.74, 6) is 0.663. The molecule has 26 heavy (non-hydrogen) atoms. The fourth-order valence-corrected chi connectivity index (χ4v) is 4.28. The molecule has 1 amide bonds. The van der Waals surface area contributed by atoms with Gasteiger partial charge in [-0.25, -0.2) is 4.39 Å². The molecule has 5 nitrogen and oxygen atoms in total. The Labute approximate surface area is 168 Å². The highest BCUT2D eigenvalue weighted by molar-refractivity contribution is 14.1. The Balaban J connectivity index is 1.81. The first-order chi connectivity index (χ1) is 12.5. The largest absolute Gasteiger partial charge is 0.493 e. The molecule has 2 N–H and O–H groups in total. The van der Waals surface area contributed by atoms with E-state index in [9.17, 15) is 9.18 Å². The molecule has 1 aliphatic heterocycles. The van der Waals surface area contributed by atoms with E-state index < -0.39 is 5.50 Å². The van der Waals surface area contributed by atoms with Crippen LogP contribution in [0.15, 0.2) is 41.3 Å². The number of halogens is 2. The quantitative estimate of drug-likeness (QED) is 0.494. The highest BCUT2D eigenvalue weighted by atomic mass is 127. The third kappa shape index (κ3) is 4.07. The van der Waals surface area contributed by atoms with Gasteiger partial charge in [0.25, 0.3) is 5.91 Å².